The van der Waals surface area contributed by atoms with Gasteiger partial charge in [0.25, 0.3) is 0 Å². The summed E-state index contributed by atoms with van der Waals surface area (Å²) >= 11 is 0. The second-order valence-electron chi connectivity index (χ2n) is 9.34. The standard InChI is InChI=1S/C20H32.C13H20/c1-3-5-7-9-11-13-15-17-19-20-18-16-14-12-10-8-6-4-2;1-10(2)9-12-5-7-13(8-6-12)11(3)4/h5,7,10-13,16-19H,3-4,6,8-9,14-15,20H2,1-2H3;5-8,10-11H,9H2,1-4H3/b7-5-,12-10-,13-11-,18-16-,19-17-;. The lowest BCUT2D eigenvalue weighted by molar-refractivity contribution is 0.647. The Morgan fingerprint density at radius 3 is 1.45 bits per heavy atom. The van der Waals surface area contributed by atoms with Crippen LogP contribution in [0.2, 0.25) is 0 Å². The average molecular weight is 449 g/mol. The fourth-order valence-electron chi connectivity index (χ4n) is 3.20. The molecule has 0 amide bonds. The van der Waals surface area contributed by atoms with Crippen molar-refractivity contribution in [1.29, 1.82) is 0 Å². The molecule has 184 valence electrons. The number of rotatable bonds is 15. The number of benzene rings is 1. The first kappa shape index (κ1) is 30.9. The van der Waals surface area contributed by atoms with Gasteiger partial charge < -0.3 is 0 Å². The molecule has 0 nitrogen and oxygen atoms in total. The highest BCUT2D eigenvalue weighted by Gasteiger charge is 2.00. The molecule has 0 unspecified atom stereocenters. The zero-order chi connectivity index (χ0) is 24.6. The van der Waals surface area contributed by atoms with E-state index in [-0.39, 0.29) is 0 Å². The summed E-state index contributed by atoms with van der Waals surface area (Å²) in [6, 6.07) is 9.02. The fraction of sp³-hybridized carbons (Fsp3) is 0.515. The van der Waals surface area contributed by atoms with E-state index in [0.717, 1.165) is 38.0 Å². The molecular formula is C33H52. The van der Waals surface area contributed by atoms with Crippen molar-refractivity contribution in [2.24, 2.45) is 5.92 Å². The maximum atomic E-state index is 2.29. The minimum Gasteiger partial charge on any atom is -0.0885 e. The Kier molecular flexibility index (Phi) is 21.6. The third-order valence-corrected chi connectivity index (χ3v) is 5.17. The smallest absolute Gasteiger partial charge is 0.0169 e. The van der Waals surface area contributed by atoms with E-state index in [4.69, 9.17) is 0 Å². The van der Waals surface area contributed by atoms with Gasteiger partial charge in [0.2, 0.25) is 0 Å². The Bertz CT molecular complexity index is 677. The molecule has 0 aliphatic rings. The highest BCUT2D eigenvalue weighted by Crippen LogP contribution is 2.16. The lowest BCUT2D eigenvalue weighted by atomic mass is 9.98. The van der Waals surface area contributed by atoms with Crippen molar-refractivity contribution in [3.8, 4) is 0 Å². The van der Waals surface area contributed by atoms with E-state index < -0.39 is 0 Å². The zero-order valence-corrected chi connectivity index (χ0v) is 22.6. The van der Waals surface area contributed by atoms with Crippen LogP contribution in [-0.4, -0.2) is 0 Å². The average Bonchev–Trinajstić information content (AvgIpc) is 2.79. The molecule has 0 saturated heterocycles. The van der Waals surface area contributed by atoms with E-state index in [0.29, 0.717) is 5.92 Å². The monoisotopic (exact) mass is 448 g/mol. The lowest BCUT2D eigenvalue weighted by Gasteiger charge is -2.08. The predicted octanol–water partition coefficient (Wildman–Crippen LogP) is 10.9. The molecule has 33 heavy (non-hydrogen) atoms. The summed E-state index contributed by atoms with van der Waals surface area (Å²) in [6.45, 7) is 13.4. The number of unbranched alkanes of at least 4 members (excludes halogenated alkanes) is 2. The fourth-order valence-corrected chi connectivity index (χ4v) is 3.20. The van der Waals surface area contributed by atoms with Gasteiger partial charge in [-0.3, -0.25) is 0 Å². The lowest BCUT2D eigenvalue weighted by Crippen LogP contribution is -1.94. The maximum Gasteiger partial charge on any atom is -0.0169 e. The molecular weight excluding hydrogens is 396 g/mol. The molecule has 0 aliphatic heterocycles. The van der Waals surface area contributed by atoms with Crippen molar-refractivity contribution in [1.82, 2.24) is 0 Å². The summed E-state index contributed by atoms with van der Waals surface area (Å²) in [5.74, 6) is 1.40. The molecule has 1 aromatic carbocycles. The third-order valence-electron chi connectivity index (χ3n) is 5.17. The Morgan fingerprint density at radius 1 is 0.606 bits per heavy atom. The maximum absolute atomic E-state index is 2.29. The minimum absolute atomic E-state index is 0.646. The van der Waals surface area contributed by atoms with E-state index in [2.05, 4.69) is 127 Å². The van der Waals surface area contributed by atoms with Crippen molar-refractivity contribution in [2.45, 2.75) is 105 Å². The molecule has 0 fully saturated rings. The van der Waals surface area contributed by atoms with E-state index in [1.54, 1.807) is 0 Å². The van der Waals surface area contributed by atoms with Gasteiger partial charge in [0.15, 0.2) is 0 Å². The quantitative estimate of drug-likeness (QED) is 0.185. The summed E-state index contributed by atoms with van der Waals surface area (Å²) in [4.78, 5) is 0. The van der Waals surface area contributed by atoms with E-state index in [1.807, 2.05) is 0 Å². The van der Waals surface area contributed by atoms with Crippen LogP contribution in [0.15, 0.2) is 85.0 Å². The SMILES string of the molecule is CC(C)Cc1ccc(C(C)C)cc1.CC/C=C\C/C=C\C/C=C\C/C=C\C/C=C\CCCC. The Balaban J connectivity index is 0.000000676. The van der Waals surface area contributed by atoms with Crippen LogP contribution in [0, 0.1) is 5.92 Å². The Hall–Kier alpha value is -2.08. The van der Waals surface area contributed by atoms with Gasteiger partial charge >= 0.3 is 0 Å². The van der Waals surface area contributed by atoms with E-state index in [1.165, 1.54) is 36.8 Å². The molecule has 0 bridgehead atoms. The number of hydrogen-bond acceptors (Lipinski definition) is 0. The van der Waals surface area contributed by atoms with Crippen LogP contribution in [0.4, 0.5) is 0 Å². The molecule has 1 aromatic rings. The highest BCUT2D eigenvalue weighted by atomic mass is 14.1. The van der Waals surface area contributed by atoms with Gasteiger partial charge in [-0.25, -0.2) is 0 Å². The van der Waals surface area contributed by atoms with Crippen molar-refractivity contribution >= 4 is 0 Å². The van der Waals surface area contributed by atoms with Gasteiger partial charge in [0.1, 0.15) is 0 Å². The van der Waals surface area contributed by atoms with Crippen molar-refractivity contribution in [3.63, 3.8) is 0 Å². The molecule has 0 heteroatoms. The summed E-state index contributed by atoms with van der Waals surface area (Å²) < 4.78 is 0. The van der Waals surface area contributed by atoms with Crippen LogP contribution in [0.1, 0.15) is 110 Å². The number of hydrogen-bond donors (Lipinski definition) is 0. The summed E-state index contributed by atoms with van der Waals surface area (Å²) in [7, 11) is 0. The topological polar surface area (TPSA) is 0 Å². The normalized spacial score (nSPS) is 12.4. The van der Waals surface area contributed by atoms with Gasteiger partial charge in [-0.15, -0.1) is 0 Å². The molecule has 0 aliphatic carbocycles. The third kappa shape index (κ3) is 21.5. The first-order chi connectivity index (χ1) is 16.0. The first-order valence-electron chi connectivity index (χ1n) is 13.3. The largest absolute Gasteiger partial charge is 0.0885 e. The van der Waals surface area contributed by atoms with Gasteiger partial charge in [0.05, 0.1) is 0 Å². The molecule has 0 heterocycles. The minimum atomic E-state index is 0.646. The molecule has 0 radical (unpaired) electrons. The summed E-state index contributed by atoms with van der Waals surface area (Å²) in [5, 5.41) is 0. The highest BCUT2D eigenvalue weighted by molar-refractivity contribution is 5.24. The van der Waals surface area contributed by atoms with Crippen LogP contribution in [0.5, 0.6) is 0 Å². The van der Waals surface area contributed by atoms with Gasteiger partial charge in [-0.05, 0) is 67.9 Å². The van der Waals surface area contributed by atoms with E-state index >= 15 is 0 Å². The molecule has 0 spiro atoms. The van der Waals surface area contributed by atoms with Crippen LogP contribution in [0.3, 0.4) is 0 Å². The second kappa shape index (κ2) is 23.1. The van der Waals surface area contributed by atoms with Crippen molar-refractivity contribution in [3.05, 3.63) is 96.2 Å². The number of allylic oxidation sites excluding steroid dienone is 10. The van der Waals surface area contributed by atoms with Gasteiger partial charge in [-0.2, -0.15) is 0 Å². The molecule has 0 N–H and O–H groups in total. The van der Waals surface area contributed by atoms with Crippen LogP contribution < -0.4 is 0 Å². The first-order valence-corrected chi connectivity index (χ1v) is 13.3. The zero-order valence-electron chi connectivity index (χ0n) is 22.6. The van der Waals surface area contributed by atoms with Crippen molar-refractivity contribution in [2.75, 3.05) is 0 Å². The Labute approximate surface area is 207 Å². The van der Waals surface area contributed by atoms with Crippen LogP contribution >= 0.6 is 0 Å². The van der Waals surface area contributed by atoms with Crippen molar-refractivity contribution < 1.29 is 0 Å². The predicted molar refractivity (Wildman–Crippen MR) is 153 cm³/mol. The molecule has 1 rings (SSSR count). The molecule has 0 saturated carbocycles. The molecule has 0 aromatic heterocycles. The van der Waals surface area contributed by atoms with Crippen LogP contribution in [0.25, 0.3) is 0 Å². The Morgan fingerprint density at radius 2 is 1.06 bits per heavy atom. The second-order valence-corrected chi connectivity index (χ2v) is 9.34. The summed E-state index contributed by atoms with van der Waals surface area (Å²) in [5.41, 5.74) is 2.90. The van der Waals surface area contributed by atoms with Gasteiger partial charge in [-0.1, -0.05) is 139 Å². The summed E-state index contributed by atoms with van der Waals surface area (Å²) in [6.07, 6.45) is 32.8. The van der Waals surface area contributed by atoms with Crippen LogP contribution in [-0.2, 0) is 6.42 Å². The van der Waals surface area contributed by atoms with E-state index in [9.17, 15) is 0 Å². The van der Waals surface area contributed by atoms with Gasteiger partial charge in [0, 0.05) is 0 Å². The molecule has 0 atom stereocenters.